The third kappa shape index (κ3) is 4.50. The fourth-order valence-electron chi connectivity index (χ4n) is 2.74. The average Bonchev–Trinajstić information content (AvgIpc) is 2.64. The molecule has 2 aromatic rings. The maximum atomic E-state index is 12.3. The molecule has 0 spiro atoms. The molecule has 0 radical (unpaired) electrons. The number of nitrogens with two attached hydrogens (primary N) is 1. The number of hydrogen-bond acceptors (Lipinski definition) is 4. The molecule has 0 saturated carbocycles. The number of rotatable bonds is 6. The van der Waals surface area contributed by atoms with E-state index in [4.69, 9.17) is 15.2 Å². The van der Waals surface area contributed by atoms with E-state index in [1.165, 1.54) is 0 Å². The Labute approximate surface area is 145 Å². The SMILES string of the molecule is NC(=O)COc1cccc(C(=O)NCC2COc3ccccc3C2)c1. The van der Waals surface area contributed by atoms with E-state index in [1.807, 2.05) is 24.3 Å². The van der Waals surface area contributed by atoms with Gasteiger partial charge in [0.15, 0.2) is 6.61 Å². The molecule has 1 heterocycles. The topological polar surface area (TPSA) is 90.7 Å². The van der Waals surface area contributed by atoms with Gasteiger partial charge in [0, 0.05) is 18.0 Å². The van der Waals surface area contributed by atoms with Gasteiger partial charge in [-0.1, -0.05) is 24.3 Å². The number of hydrogen-bond donors (Lipinski definition) is 2. The van der Waals surface area contributed by atoms with Crippen molar-refractivity contribution in [3.8, 4) is 11.5 Å². The van der Waals surface area contributed by atoms with E-state index in [0.717, 1.165) is 17.7 Å². The molecule has 0 aliphatic carbocycles. The summed E-state index contributed by atoms with van der Waals surface area (Å²) in [5, 5.41) is 2.93. The second-order valence-electron chi connectivity index (χ2n) is 5.98. The summed E-state index contributed by atoms with van der Waals surface area (Å²) in [5.41, 5.74) is 6.68. The van der Waals surface area contributed by atoms with Crippen molar-refractivity contribution in [2.24, 2.45) is 11.7 Å². The van der Waals surface area contributed by atoms with Gasteiger partial charge in [0.25, 0.3) is 11.8 Å². The van der Waals surface area contributed by atoms with Crippen LogP contribution in [0.15, 0.2) is 48.5 Å². The van der Waals surface area contributed by atoms with Crippen LogP contribution in [0.2, 0.25) is 0 Å². The van der Waals surface area contributed by atoms with Crippen LogP contribution in [0, 0.1) is 5.92 Å². The maximum absolute atomic E-state index is 12.3. The smallest absolute Gasteiger partial charge is 0.255 e. The molecular formula is C19H20N2O4. The van der Waals surface area contributed by atoms with Crippen molar-refractivity contribution >= 4 is 11.8 Å². The molecule has 0 fully saturated rings. The first kappa shape index (κ1) is 16.8. The summed E-state index contributed by atoms with van der Waals surface area (Å²) in [6.45, 7) is 0.891. The van der Waals surface area contributed by atoms with Crippen molar-refractivity contribution in [2.45, 2.75) is 6.42 Å². The monoisotopic (exact) mass is 340 g/mol. The Morgan fingerprint density at radius 2 is 2.04 bits per heavy atom. The molecule has 0 aromatic heterocycles. The molecule has 2 amide bonds. The minimum Gasteiger partial charge on any atom is -0.493 e. The Balaban J connectivity index is 1.54. The maximum Gasteiger partial charge on any atom is 0.255 e. The fraction of sp³-hybridized carbons (Fsp3) is 0.263. The highest BCUT2D eigenvalue weighted by atomic mass is 16.5. The van der Waals surface area contributed by atoms with Crippen LogP contribution in [0.25, 0.3) is 0 Å². The van der Waals surface area contributed by atoms with Crippen molar-refractivity contribution in [3.63, 3.8) is 0 Å². The van der Waals surface area contributed by atoms with Gasteiger partial charge in [0.05, 0.1) is 6.61 Å². The Morgan fingerprint density at radius 3 is 2.88 bits per heavy atom. The van der Waals surface area contributed by atoms with Crippen molar-refractivity contribution in [1.29, 1.82) is 0 Å². The third-order valence-corrected chi connectivity index (χ3v) is 3.98. The first-order chi connectivity index (χ1) is 12.1. The summed E-state index contributed by atoms with van der Waals surface area (Å²) in [5.74, 6) is 0.828. The molecule has 1 atom stereocenters. The molecule has 130 valence electrons. The zero-order valence-corrected chi connectivity index (χ0v) is 13.7. The summed E-state index contributed by atoms with van der Waals surface area (Å²) in [4.78, 5) is 23.1. The lowest BCUT2D eigenvalue weighted by Gasteiger charge is -2.25. The highest BCUT2D eigenvalue weighted by molar-refractivity contribution is 5.94. The van der Waals surface area contributed by atoms with Gasteiger partial charge in [-0.05, 0) is 36.2 Å². The van der Waals surface area contributed by atoms with E-state index in [1.54, 1.807) is 24.3 Å². The third-order valence-electron chi connectivity index (χ3n) is 3.98. The van der Waals surface area contributed by atoms with Gasteiger partial charge in [-0.2, -0.15) is 0 Å². The molecule has 3 rings (SSSR count). The summed E-state index contributed by atoms with van der Waals surface area (Å²) >= 11 is 0. The zero-order chi connectivity index (χ0) is 17.6. The molecule has 1 aliphatic heterocycles. The van der Waals surface area contributed by atoms with Crippen LogP contribution in [0.3, 0.4) is 0 Å². The molecule has 6 nitrogen and oxygen atoms in total. The summed E-state index contributed by atoms with van der Waals surface area (Å²) in [6, 6.07) is 14.6. The standard InChI is InChI=1S/C19H20N2O4/c20-18(22)12-24-16-6-3-5-15(9-16)19(23)21-10-13-8-14-4-1-2-7-17(14)25-11-13/h1-7,9,13H,8,10-12H2,(H2,20,22)(H,21,23). The van der Waals surface area contributed by atoms with Crippen molar-refractivity contribution < 1.29 is 19.1 Å². The highest BCUT2D eigenvalue weighted by Crippen LogP contribution is 2.26. The minimum atomic E-state index is -0.563. The summed E-state index contributed by atoms with van der Waals surface area (Å²) < 4.78 is 10.9. The van der Waals surface area contributed by atoms with Crippen LogP contribution in [0.5, 0.6) is 11.5 Å². The number of fused-ring (bicyclic) bond motifs is 1. The predicted molar refractivity (Wildman–Crippen MR) is 92.6 cm³/mol. The van der Waals surface area contributed by atoms with E-state index < -0.39 is 5.91 Å². The van der Waals surface area contributed by atoms with Gasteiger partial charge in [0.2, 0.25) is 0 Å². The zero-order valence-electron chi connectivity index (χ0n) is 13.7. The largest absolute Gasteiger partial charge is 0.493 e. The van der Waals surface area contributed by atoms with Crippen molar-refractivity contribution in [3.05, 3.63) is 59.7 Å². The van der Waals surface area contributed by atoms with Gasteiger partial charge >= 0.3 is 0 Å². The van der Waals surface area contributed by atoms with E-state index >= 15 is 0 Å². The second-order valence-corrected chi connectivity index (χ2v) is 5.98. The molecule has 2 aromatic carbocycles. The molecule has 0 saturated heterocycles. The van der Waals surface area contributed by atoms with Gasteiger partial charge in [-0.3, -0.25) is 9.59 Å². The van der Waals surface area contributed by atoms with Gasteiger partial charge < -0.3 is 20.5 Å². The molecule has 3 N–H and O–H groups in total. The fourth-order valence-corrected chi connectivity index (χ4v) is 2.74. The highest BCUT2D eigenvalue weighted by Gasteiger charge is 2.20. The number of primary amides is 1. The van der Waals surface area contributed by atoms with E-state index in [9.17, 15) is 9.59 Å². The Kier molecular flexibility index (Phi) is 5.18. The van der Waals surface area contributed by atoms with E-state index in [0.29, 0.717) is 24.5 Å². The van der Waals surface area contributed by atoms with Crippen molar-refractivity contribution in [2.75, 3.05) is 19.8 Å². The number of amides is 2. The summed E-state index contributed by atoms with van der Waals surface area (Å²) in [6.07, 6.45) is 0.873. The molecule has 1 aliphatic rings. The first-order valence-corrected chi connectivity index (χ1v) is 8.12. The van der Waals surface area contributed by atoms with Crippen LogP contribution >= 0.6 is 0 Å². The number of ether oxygens (including phenoxy) is 2. The van der Waals surface area contributed by atoms with E-state index in [-0.39, 0.29) is 18.4 Å². The van der Waals surface area contributed by atoms with Gasteiger partial charge in [-0.25, -0.2) is 0 Å². The van der Waals surface area contributed by atoms with Crippen LogP contribution < -0.4 is 20.5 Å². The molecule has 0 bridgehead atoms. The predicted octanol–water partition coefficient (Wildman–Crippen LogP) is 1.53. The lowest BCUT2D eigenvalue weighted by Crippen LogP contribution is -2.34. The Bertz CT molecular complexity index is 776. The number of carbonyl (C=O) groups is 2. The van der Waals surface area contributed by atoms with Crippen molar-refractivity contribution in [1.82, 2.24) is 5.32 Å². The number of nitrogens with one attached hydrogen (secondary N) is 1. The molecule has 6 heteroatoms. The molecule has 25 heavy (non-hydrogen) atoms. The summed E-state index contributed by atoms with van der Waals surface area (Å²) in [7, 11) is 0. The van der Waals surface area contributed by atoms with Crippen LogP contribution in [-0.2, 0) is 11.2 Å². The van der Waals surface area contributed by atoms with Crippen LogP contribution in [0.4, 0.5) is 0 Å². The average molecular weight is 340 g/mol. The Morgan fingerprint density at radius 1 is 1.20 bits per heavy atom. The van der Waals surface area contributed by atoms with Gasteiger partial charge in [-0.15, -0.1) is 0 Å². The number of benzene rings is 2. The first-order valence-electron chi connectivity index (χ1n) is 8.12. The quantitative estimate of drug-likeness (QED) is 0.834. The molecule has 1 unspecified atom stereocenters. The minimum absolute atomic E-state index is 0.191. The van der Waals surface area contributed by atoms with Crippen LogP contribution in [0.1, 0.15) is 15.9 Å². The normalized spacial score (nSPS) is 15.6. The van der Waals surface area contributed by atoms with E-state index in [2.05, 4.69) is 5.32 Å². The lowest BCUT2D eigenvalue weighted by atomic mass is 9.96. The Hall–Kier alpha value is -3.02. The van der Waals surface area contributed by atoms with Gasteiger partial charge in [0.1, 0.15) is 11.5 Å². The lowest BCUT2D eigenvalue weighted by molar-refractivity contribution is -0.119. The number of carbonyl (C=O) groups excluding carboxylic acids is 2. The van der Waals surface area contributed by atoms with Crippen LogP contribution in [-0.4, -0.2) is 31.6 Å². The second kappa shape index (κ2) is 7.70. The number of para-hydroxylation sites is 1. The molecular weight excluding hydrogens is 320 g/mol.